The second-order valence-corrected chi connectivity index (χ2v) is 1.65. The van der Waals surface area contributed by atoms with Gasteiger partial charge in [0.05, 0.1) is 0 Å². The van der Waals surface area contributed by atoms with Gasteiger partial charge in [0, 0.05) is 0 Å². The van der Waals surface area contributed by atoms with Gasteiger partial charge in [0.25, 0.3) is 5.91 Å². The number of anilines is 1. The molecule has 0 spiro atoms. The molecule has 1 aromatic heterocycles. The van der Waals surface area contributed by atoms with Crippen LogP contribution in [0.25, 0.3) is 0 Å². The Hall–Kier alpha value is -1.59. The van der Waals surface area contributed by atoms with Crippen molar-refractivity contribution >= 4 is 11.9 Å². The average Bonchev–Trinajstić information content (AvgIpc) is 2.10. The van der Waals surface area contributed by atoms with E-state index in [0.29, 0.717) is 0 Å². The number of carbonyl (C=O) groups excluding carboxylic acids is 1. The van der Waals surface area contributed by atoms with E-state index in [1.165, 1.54) is 0 Å². The highest BCUT2D eigenvalue weighted by molar-refractivity contribution is 5.91. The summed E-state index contributed by atoms with van der Waals surface area (Å²) in [5.74, 6) is -2.00. The number of nitrogen functional groups attached to an aromatic ring is 1. The third-order valence-electron chi connectivity index (χ3n) is 0.911. The molecule has 1 heterocycles. The Labute approximate surface area is 55.2 Å². The molecule has 10 heavy (non-hydrogen) atoms. The van der Waals surface area contributed by atoms with E-state index in [2.05, 4.69) is 4.98 Å². The number of hydrogen-bond donors (Lipinski definition) is 3. The first-order valence-electron chi connectivity index (χ1n) is 2.42. The van der Waals surface area contributed by atoms with Crippen LogP contribution in [0.3, 0.4) is 0 Å². The fourth-order valence-electron chi connectivity index (χ4n) is 0.532. The topological polar surface area (TPSA) is 97.8 Å². The van der Waals surface area contributed by atoms with E-state index in [4.69, 9.17) is 11.5 Å². The molecule has 54 valence electrons. The molecule has 0 fully saturated rings. The molecule has 0 unspecified atom stereocenters. The van der Waals surface area contributed by atoms with Crippen molar-refractivity contribution in [3.05, 3.63) is 11.6 Å². The molecular weight excluding hydrogens is 139 g/mol. The van der Waals surface area contributed by atoms with Gasteiger partial charge in [0.15, 0.2) is 5.69 Å². The van der Waals surface area contributed by atoms with Crippen LogP contribution in [0.2, 0.25) is 0 Å². The lowest BCUT2D eigenvalue weighted by atomic mass is 10.4. The smallest absolute Gasteiger partial charge is 0.272 e. The number of amides is 1. The molecule has 0 aromatic carbocycles. The Morgan fingerprint density at radius 1 is 1.70 bits per heavy atom. The number of nitrogens with two attached hydrogens (primary N) is 2. The summed E-state index contributed by atoms with van der Waals surface area (Å²) < 4.78 is 12.4. The molecule has 0 atom stereocenters. The Balaban J connectivity index is 3.15. The molecular formula is C4H5FN4O. The monoisotopic (exact) mass is 144 g/mol. The van der Waals surface area contributed by atoms with Crippen LogP contribution in [0.5, 0.6) is 0 Å². The maximum absolute atomic E-state index is 12.4. The number of aromatic amines is 1. The molecule has 6 heteroatoms. The number of carbonyl (C=O) groups is 1. The Bertz CT molecular complexity index is 268. The normalized spacial score (nSPS) is 9.70. The molecule has 1 amide bonds. The highest BCUT2D eigenvalue weighted by Crippen LogP contribution is 2.03. The fraction of sp³-hybridized carbons (Fsp3) is 0. The lowest BCUT2D eigenvalue weighted by molar-refractivity contribution is 0.0992. The summed E-state index contributed by atoms with van der Waals surface area (Å²) in [4.78, 5) is 15.5. The second kappa shape index (κ2) is 1.98. The summed E-state index contributed by atoms with van der Waals surface area (Å²) in [5.41, 5.74) is 9.25. The third-order valence-corrected chi connectivity index (χ3v) is 0.911. The first-order valence-corrected chi connectivity index (χ1v) is 2.42. The number of nitrogens with zero attached hydrogens (tertiary/aromatic N) is 1. The van der Waals surface area contributed by atoms with E-state index in [0.717, 1.165) is 0 Å². The van der Waals surface area contributed by atoms with E-state index in [1.54, 1.807) is 0 Å². The number of H-pyrrole nitrogens is 1. The quantitative estimate of drug-likeness (QED) is 0.482. The van der Waals surface area contributed by atoms with Crippen molar-refractivity contribution in [1.82, 2.24) is 9.97 Å². The molecule has 0 aliphatic carbocycles. The van der Waals surface area contributed by atoms with Crippen molar-refractivity contribution in [2.24, 2.45) is 5.73 Å². The number of aromatic nitrogens is 2. The average molecular weight is 144 g/mol. The number of halogens is 1. The van der Waals surface area contributed by atoms with E-state index in [9.17, 15) is 9.18 Å². The van der Waals surface area contributed by atoms with Crippen LogP contribution in [0.15, 0.2) is 0 Å². The van der Waals surface area contributed by atoms with Crippen LogP contribution >= 0.6 is 0 Å². The van der Waals surface area contributed by atoms with Crippen LogP contribution in [-0.2, 0) is 0 Å². The standard InChI is InChI=1S/C4H5FN4O/c5-2-1(3(6)10)8-4(7)9-2/h(H2,6,10)(H3,7,8,9). The van der Waals surface area contributed by atoms with Crippen molar-refractivity contribution in [2.75, 3.05) is 5.73 Å². The molecule has 0 aliphatic heterocycles. The van der Waals surface area contributed by atoms with Gasteiger partial charge in [-0.1, -0.05) is 0 Å². The van der Waals surface area contributed by atoms with Gasteiger partial charge in [-0.2, -0.15) is 4.39 Å². The van der Waals surface area contributed by atoms with E-state index < -0.39 is 17.5 Å². The number of hydrogen-bond acceptors (Lipinski definition) is 3. The summed E-state index contributed by atoms with van der Waals surface area (Å²) in [6, 6.07) is 0. The highest BCUT2D eigenvalue weighted by atomic mass is 19.1. The molecule has 1 aromatic rings. The van der Waals surface area contributed by atoms with Crippen LogP contribution in [0.1, 0.15) is 10.5 Å². The second-order valence-electron chi connectivity index (χ2n) is 1.65. The lowest BCUT2D eigenvalue weighted by Gasteiger charge is -1.82. The zero-order chi connectivity index (χ0) is 7.72. The van der Waals surface area contributed by atoms with Crippen LogP contribution < -0.4 is 11.5 Å². The van der Waals surface area contributed by atoms with Crippen molar-refractivity contribution < 1.29 is 9.18 Å². The van der Waals surface area contributed by atoms with Crippen molar-refractivity contribution in [2.45, 2.75) is 0 Å². The summed E-state index contributed by atoms with van der Waals surface area (Å²) in [6.45, 7) is 0. The van der Waals surface area contributed by atoms with E-state index in [-0.39, 0.29) is 5.95 Å². The molecule has 1 rings (SSSR count). The minimum Gasteiger partial charge on any atom is -0.369 e. The number of rotatable bonds is 1. The number of primary amides is 1. The Kier molecular flexibility index (Phi) is 1.29. The minimum absolute atomic E-state index is 0.161. The molecule has 0 aliphatic rings. The minimum atomic E-state index is -0.939. The van der Waals surface area contributed by atoms with Crippen LogP contribution in [-0.4, -0.2) is 15.9 Å². The van der Waals surface area contributed by atoms with Gasteiger partial charge in [-0.05, 0) is 0 Å². The van der Waals surface area contributed by atoms with E-state index >= 15 is 0 Å². The summed E-state index contributed by atoms with van der Waals surface area (Å²) >= 11 is 0. The molecule has 5 nitrogen and oxygen atoms in total. The van der Waals surface area contributed by atoms with E-state index in [1.807, 2.05) is 4.98 Å². The molecule has 5 N–H and O–H groups in total. The van der Waals surface area contributed by atoms with Gasteiger partial charge in [-0.3, -0.25) is 4.79 Å². The lowest BCUT2D eigenvalue weighted by Crippen LogP contribution is -2.13. The predicted octanol–water partition coefficient (Wildman–Crippen LogP) is -0.770. The van der Waals surface area contributed by atoms with Crippen molar-refractivity contribution in [1.29, 1.82) is 0 Å². The number of nitrogens with one attached hydrogen (secondary N) is 1. The first-order chi connectivity index (χ1) is 4.61. The third kappa shape index (κ3) is 0.903. The zero-order valence-electron chi connectivity index (χ0n) is 4.89. The van der Waals surface area contributed by atoms with Gasteiger partial charge >= 0.3 is 0 Å². The number of imidazole rings is 1. The van der Waals surface area contributed by atoms with Gasteiger partial charge in [-0.25, -0.2) is 4.98 Å². The predicted molar refractivity (Wildman–Crippen MR) is 31.5 cm³/mol. The summed E-state index contributed by atoms with van der Waals surface area (Å²) in [6.07, 6.45) is 0. The molecule has 0 saturated heterocycles. The maximum atomic E-state index is 12.4. The van der Waals surface area contributed by atoms with Gasteiger partial charge < -0.3 is 16.5 Å². The van der Waals surface area contributed by atoms with Crippen LogP contribution in [0.4, 0.5) is 10.3 Å². The largest absolute Gasteiger partial charge is 0.369 e. The molecule has 0 bridgehead atoms. The van der Waals surface area contributed by atoms with Crippen molar-refractivity contribution in [3.8, 4) is 0 Å². The highest BCUT2D eigenvalue weighted by Gasteiger charge is 2.12. The molecule has 0 radical (unpaired) electrons. The summed E-state index contributed by atoms with van der Waals surface area (Å²) in [7, 11) is 0. The maximum Gasteiger partial charge on any atom is 0.272 e. The Morgan fingerprint density at radius 2 is 2.30 bits per heavy atom. The first kappa shape index (κ1) is 6.53. The van der Waals surface area contributed by atoms with Crippen molar-refractivity contribution in [3.63, 3.8) is 0 Å². The zero-order valence-corrected chi connectivity index (χ0v) is 4.89. The summed E-state index contributed by atoms with van der Waals surface area (Å²) in [5, 5.41) is 0. The van der Waals surface area contributed by atoms with Gasteiger partial charge in [0.2, 0.25) is 11.9 Å². The molecule has 0 saturated carbocycles. The SMILES string of the molecule is NC(=O)c1nc(N)[nH]c1F. The van der Waals surface area contributed by atoms with Crippen LogP contribution in [0, 0.1) is 5.95 Å². The Morgan fingerprint density at radius 3 is 2.50 bits per heavy atom. The van der Waals surface area contributed by atoms with Gasteiger partial charge in [0.1, 0.15) is 0 Å². The fourth-order valence-corrected chi connectivity index (χ4v) is 0.532. The van der Waals surface area contributed by atoms with Gasteiger partial charge in [-0.15, -0.1) is 0 Å².